The SMILES string of the molecule is COc1cc(C(=O)NNC(=O)CNc2ccccc2)ccc1OCCC(C)C. The molecule has 150 valence electrons. The molecule has 0 fully saturated rings. The second kappa shape index (κ2) is 10.8. The van der Waals surface area contributed by atoms with E-state index in [9.17, 15) is 9.59 Å². The first-order chi connectivity index (χ1) is 13.5. The van der Waals surface area contributed by atoms with E-state index >= 15 is 0 Å². The fraction of sp³-hybridized carbons (Fsp3) is 0.333. The molecule has 7 heteroatoms. The van der Waals surface area contributed by atoms with Gasteiger partial charge in [-0.1, -0.05) is 32.0 Å². The van der Waals surface area contributed by atoms with E-state index in [0.717, 1.165) is 12.1 Å². The first kappa shape index (κ1) is 21.1. The number of para-hydroxylation sites is 1. The van der Waals surface area contributed by atoms with Crippen LogP contribution in [0, 0.1) is 5.92 Å². The zero-order chi connectivity index (χ0) is 20.4. The molecule has 0 aliphatic heterocycles. The fourth-order valence-electron chi connectivity index (χ4n) is 2.31. The molecule has 0 radical (unpaired) electrons. The van der Waals surface area contributed by atoms with Gasteiger partial charge in [0, 0.05) is 11.3 Å². The number of anilines is 1. The number of carbonyl (C=O) groups is 2. The van der Waals surface area contributed by atoms with Crippen LogP contribution in [0.15, 0.2) is 48.5 Å². The molecule has 28 heavy (non-hydrogen) atoms. The van der Waals surface area contributed by atoms with Crippen LogP contribution in [0.4, 0.5) is 5.69 Å². The molecule has 0 aromatic heterocycles. The van der Waals surface area contributed by atoms with Gasteiger partial charge in [-0.3, -0.25) is 20.4 Å². The van der Waals surface area contributed by atoms with Gasteiger partial charge in [-0.25, -0.2) is 0 Å². The van der Waals surface area contributed by atoms with Gasteiger partial charge in [0.05, 0.1) is 20.3 Å². The van der Waals surface area contributed by atoms with Crippen molar-refractivity contribution in [2.24, 2.45) is 5.92 Å². The number of benzene rings is 2. The molecule has 0 aliphatic rings. The lowest BCUT2D eigenvalue weighted by Crippen LogP contribution is -2.44. The molecule has 0 bridgehead atoms. The molecule has 0 spiro atoms. The Morgan fingerprint density at radius 3 is 2.43 bits per heavy atom. The number of hydrazine groups is 1. The van der Waals surface area contributed by atoms with Gasteiger partial charge in [-0.15, -0.1) is 0 Å². The highest BCUT2D eigenvalue weighted by atomic mass is 16.5. The molecule has 2 aromatic carbocycles. The minimum atomic E-state index is -0.444. The van der Waals surface area contributed by atoms with Crippen LogP contribution in [0.2, 0.25) is 0 Å². The molecule has 3 N–H and O–H groups in total. The van der Waals surface area contributed by atoms with E-state index in [4.69, 9.17) is 9.47 Å². The summed E-state index contributed by atoms with van der Waals surface area (Å²) in [5, 5.41) is 2.96. The largest absolute Gasteiger partial charge is 0.493 e. The maximum absolute atomic E-state index is 12.3. The second-order valence-corrected chi connectivity index (χ2v) is 6.62. The number of ether oxygens (including phenoxy) is 2. The van der Waals surface area contributed by atoms with E-state index in [2.05, 4.69) is 30.0 Å². The molecule has 0 unspecified atom stereocenters. The van der Waals surface area contributed by atoms with E-state index in [1.807, 2.05) is 30.3 Å². The Hall–Kier alpha value is -3.22. The summed E-state index contributed by atoms with van der Waals surface area (Å²) in [4.78, 5) is 24.1. The summed E-state index contributed by atoms with van der Waals surface area (Å²) in [6, 6.07) is 14.2. The van der Waals surface area contributed by atoms with Crippen molar-refractivity contribution in [3.05, 3.63) is 54.1 Å². The zero-order valence-corrected chi connectivity index (χ0v) is 16.5. The van der Waals surface area contributed by atoms with E-state index in [-0.39, 0.29) is 12.5 Å². The summed E-state index contributed by atoms with van der Waals surface area (Å²) in [6.45, 7) is 4.86. The molecule has 2 rings (SSSR count). The Bertz CT molecular complexity index is 778. The minimum absolute atomic E-state index is 0.0379. The average Bonchev–Trinajstić information content (AvgIpc) is 2.71. The van der Waals surface area contributed by atoms with Crippen molar-refractivity contribution in [3.8, 4) is 11.5 Å². The molecule has 2 aromatic rings. The quantitative estimate of drug-likeness (QED) is 0.578. The van der Waals surface area contributed by atoms with E-state index in [0.29, 0.717) is 29.6 Å². The lowest BCUT2D eigenvalue weighted by Gasteiger charge is -2.13. The summed E-state index contributed by atoms with van der Waals surface area (Å²) >= 11 is 0. The molecular formula is C21H27N3O4. The van der Waals surface area contributed by atoms with Gasteiger partial charge >= 0.3 is 0 Å². The predicted molar refractivity (Wildman–Crippen MR) is 108 cm³/mol. The van der Waals surface area contributed by atoms with Gasteiger partial charge in [0.2, 0.25) is 0 Å². The predicted octanol–water partition coefficient (Wildman–Crippen LogP) is 2.99. The van der Waals surface area contributed by atoms with Crippen LogP contribution in [0.25, 0.3) is 0 Å². The van der Waals surface area contributed by atoms with Gasteiger partial charge in [0.15, 0.2) is 11.5 Å². The lowest BCUT2D eigenvalue weighted by molar-refractivity contribution is -0.120. The first-order valence-corrected chi connectivity index (χ1v) is 9.18. The van der Waals surface area contributed by atoms with E-state index in [1.54, 1.807) is 18.2 Å². The Morgan fingerprint density at radius 2 is 1.75 bits per heavy atom. The van der Waals surface area contributed by atoms with Crippen LogP contribution in [0.1, 0.15) is 30.6 Å². The van der Waals surface area contributed by atoms with Crippen molar-refractivity contribution in [3.63, 3.8) is 0 Å². The van der Waals surface area contributed by atoms with Gasteiger partial charge in [-0.2, -0.15) is 0 Å². The van der Waals surface area contributed by atoms with Crippen LogP contribution in [-0.4, -0.2) is 32.1 Å². The van der Waals surface area contributed by atoms with Crippen LogP contribution in [0.3, 0.4) is 0 Å². The van der Waals surface area contributed by atoms with Gasteiger partial charge in [-0.05, 0) is 42.7 Å². The number of hydrogen-bond donors (Lipinski definition) is 3. The Morgan fingerprint density at radius 1 is 1.00 bits per heavy atom. The van der Waals surface area contributed by atoms with Crippen molar-refractivity contribution in [1.29, 1.82) is 0 Å². The smallest absolute Gasteiger partial charge is 0.269 e. The minimum Gasteiger partial charge on any atom is -0.493 e. The normalized spacial score (nSPS) is 10.3. The maximum Gasteiger partial charge on any atom is 0.269 e. The topological polar surface area (TPSA) is 88.7 Å². The van der Waals surface area contributed by atoms with Gasteiger partial charge < -0.3 is 14.8 Å². The Kier molecular flexibility index (Phi) is 8.14. The number of carbonyl (C=O) groups excluding carboxylic acids is 2. The summed E-state index contributed by atoms with van der Waals surface area (Å²) in [7, 11) is 1.52. The van der Waals surface area contributed by atoms with Crippen molar-refractivity contribution in [2.75, 3.05) is 25.6 Å². The van der Waals surface area contributed by atoms with Crippen molar-refractivity contribution in [2.45, 2.75) is 20.3 Å². The molecule has 0 saturated heterocycles. The van der Waals surface area contributed by atoms with Crippen LogP contribution in [-0.2, 0) is 4.79 Å². The summed E-state index contributed by atoms with van der Waals surface area (Å²) in [5.41, 5.74) is 5.94. The summed E-state index contributed by atoms with van der Waals surface area (Å²) < 4.78 is 11.0. The number of methoxy groups -OCH3 is 1. The molecule has 2 amide bonds. The number of nitrogens with one attached hydrogen (secondary N) is 3. The highest BCUT2D eigenvalue weighted by Crippen LogP contribution is 2.28. The van der Waals surface area contributed by atoms with Gasteiger partial charge in [0.25, 0.3) is 11.8 Å². The molecular weight excluding hydrogens is 358 g/mol. The highest BCUT2D eigenvalue weighted by molar-refractivity contribution is 5.96. The third-order valence-electron chi connectivity index (χ3n) is 3.92. The first-order valence-electron chi connectivity index (χ1n) is 9.18. The van der Waals surface area contributed by atoms with Crippen LogP contribution < -0.4 is 25.6 Å². The standard InChI is InChI=1S/C21H27N3O4/c1-15(2)11-12-28-18-10-9-16(13-19(18)27-3)21(26)24-23-20(25)14-22-17-7-5-4-6-8-17/h4-10,13,15,22H,11-12,14H2,1-3H3,(H,23,25)(H,24,26). The van der Waals surface area contributed by atoms with Crippen molar-refractivity contribution < 1.29 is 19.1 Å². The number of rotatable bonds is 9. The monoisotopic (exact) mass is 385 g/mol. The molecule has 0 saturated carbocycles. The summed E-state index contributed by atoms with van der Waals surface area (Å²) in [5.74, 6) is 0.776. The van der Waals surface area contributed by atoms with Gasteiger partial charge in [0.1, 0.15) is 0 Å². The van der Waals surface area contributed by atoms with Crippen LogP contribution >= 0.6 is 0 Å². The van der Waals surface area contributed by atoms with E-state index < -0.39 is 5.91 Å². The summed E-state index contributed by atoms with van der Waals surface area (Å²) in [6.07, 6.45) is 0.925. The second-order valence-electron chi connectivity index (χ2n) is 6.62. The van der Waals surface area contributed by atoms with Crippen molar-refractivity contribution in [1.82, 2.24) is 10.9 Å². The third-order valence-corrected chi connectivity index (χ3v) is 3.92. The Labute approximate surface area is 165 Å². The number of amides is 2. The van der Waals surface area contributed by atoms with Crippen LogP contribution in [0.5, 0.6) is 11.5 Å². The number of hydrogen-bond acceptors (Lipinski definition) is 5. The lowest BCUT2D eigenvalue weighted by atomic mass is 10.1. The average molecular weight is 385 g/mol. The van der Waals surface area contributed by atoms with Crippen molar-refractivity contribution >= 4 is 17.5 Å². The molecule has 0 aliphatic carbocycles. The zero-order valence-electron chi connectivity index (χ0n) is 16.5. The molecule has 0 heterocycles. The fourth-order valence-corrected chi connectivity index (χ4v) is 2.31. The Balaban J connectivity index is 1.84. The molecule has 7 nitrogen and oxygen atoms in total. The van der Waals surface area contributed by atoms with E-state index in [1.165, 1.54) is 7.11 Å². The maximum atomic E-state index is 12.3. The molecule has 0 atom stereocenters. The highest BCUT2D eigenvalue weighted by Gasteiger charge is 2.12. The third kappa shape index (κ3) is 6.83.